The van der Waals surface area contributed by atoms with Gasteiger partial charge in [0.2, 0.25) is 5.91 Å². The number of aliphatic hydroxyl groups excluding tert-OH is 2. The Morgan fingerprint density at radius 3 is 0.957 bits per heavy atom. The first-order valence-electron chi connectivity index (χ1n) is 30.7. The summed E-state index contributed by atoms with van der Waals surface area (Å²) in [6.45, 7) is 4.22. The molecule has 0 saturated carbocycles. The molecule has 402 valence electrons. The molecule has 3 N–H and O–H groups in total. The molecule has 2 unspecified atom stereocenters. The molecular formula is C65H119NO3. The van der Waals surface area contributed by atoms with E-state index in [1.54, 1.807) is 6.08 Å². The molecule has 0 bridgehead atoms. The van der Waals surface area contributed by atoms with Gasteiger partial charge < -0.3 is 15.5 Å². The lowest BCUT2D eigenvalue weighted by atomic mass is 10.0. The highest BCUT2D eigenvalue weighted by atomic mass is 16.3. The van der Waals surface area contributed by atoms with Gasteiger partial charge in [-0.3, -0.25) is 4.79 Å². The number of hydrogen-bond donors (Lipinski definition) is 3. The van der Waals surface area contributed by atoms with Crippen LogP contribution >= 0.6 is 0 Å². The summed E-state index contributed by atoms with van der Waals surface area (Å²) >= 11 is 0. The summed E-state index contributed by atoms with van der Waals surface area (Å²) in [7, 11) is 0. The predicted octanol–water partition coefficient (Wildman–Crippen LogP) is 20.5. The summed E-state index contributed by atoms with van der Waals surface area (Å²) in [6, 6.07) is -0.629. The van der Waals surface area contributed by atoms with Gasteiger partial charge in [-0.2, -0.15) is 0 Å². The Hall–Kier alpha value is -2.17. The zero-order valence-corrected chi connectivity index (χ0v) is 46.3. The molecule has 0 fully saturated rings. The quantitative estimate of drug-likeness (QED) is 0.0420. The molecule has 0 aromatic heterocycles. The minimum Gasteiger partial charge on any atom is -0.394 e. The van der Waals surface area contributed by atoms with Crippen molar-refractivity contribution in [3.05, 3.63) is 72.9 Å². The first-order valence-corrected chi connectivity index (χ1v) is 30.7. The highest BCUT2D eigenvalue weighted by Crippen LogP contribution is 2.18. The summed E-state index contributed by atoms with van der Waals surface area (Å²) in [4.78, 5) is 12.5. The SMILES string of the molecule is CC/C=C\C/C=C\C/C=C\C/C=C\C/C=C\CCCCCCCCCCCCCC(=O)NC(CO)C(O)/C=C/CCCCCCCCCCCCCCCCCCCCCCCCCCCCCC. The highest BCUT2D eigenvalue weighted by molar-refractivity contribution is 5.76. The van der Waals surface area contributed by atoms with Crippen molar-refractivity contribution < 1.29 is 15.0 Å². The molecular weight excluding hydrogens is 843 g/mol. The third-order valence-corrected chi connectivity index (χ3v) is 13.9. The van der Waals surface area contributed by atoms with Crippen LogP contribution in [0.5, 0.6) is 0 Å². The topological polar surface area (TPSA) is 69.6 Å². The minimum atomic E-state index is -0.846. The second kappa shape index (κ2) is 60.1. The molecule has 0 rings (SSSR count). The van der Waals surface area contributed by atoms with Gasteiger partial charge in [0.15, 0.2) is 0 Å². The number of carbonyl (C=O) groups is 1. The van der Waals surface area contributed by atoms with E-state index in [4.69, 9.17) is 0 Å². The van der Waals surface area contributed by atoms with E-state index < -0.39 is 12.1 Å². The monoisotopic (exact) mass is 962 g/mol. The summed E-state index contributed by atoms with van der Waals surface area (Å²) < 4.78 is 0. The van der Waals surface area contributed by atoms with Crippen LogP contribution in [0.1, 0.15) is 316 Å². The van der Waals surface area contributed by atoms with E-state index in [0.717, 1.165) is 57.8 Å². The lowest BCUT2D eigenvalue weighted by molar-refractivity contribution is -0.123. The van der Waals surface area contributed by atoms with Crippen LogP contribution in [-0.4, -0.2) is 34.9 Å². The summed E-state index contributed by atoms with van der Waals surface area (Å²) in [6.07, 6.45) is 86.6. The van der Waals surface area contributed by atoms with Crippen molar-refractivity contribution in [2.75, 3.05) is 6.61 Å². The molecule has 4 heteroatoms. The van der Waals surface area contributed by atoms with Crippen molar-refractivity contribution in [1.29, 1.82) is 0 Å². The predicted molar refractivity (Wildman–Crippen MR) is 308 cm³/mol. The van der Waals surface area contributed by atoms with Crippen LogP contribution in [0.4, 0.5) is 0 Å². The van der Waals surface area contributed by atoms with E-state index in [1.807, 2.05) is 6.08 Å². The highest BCUT2D eigenvalue weighted by Gasteiger charge is 2.18. The van der Waals surface area contributed by atoms with Crippen molar-refractivity contribution >= 4 is 5.91 Å². The molecule has 0 aliphatic rings. The number of carbonyl (C=O) groups excluding carboxylic acids is 1. The smallest absolute Gasteiger partial charge is 0.220 e. The summed E-state index contributed by atoms with van der Waals surface area (Å²) in [5, 5.41) is 23.2. The summed E-state index contributed by atoms with van der Waals surface area (Å²) in [5.74, 6) is -0.0661. The van der Waals surface area contributed by atoms with Gasteiger partial charge in [0.25, 0.3) is 0 Å². The number of allylic oxidation sites excluding steroid dienone is 11. The van der Waals surface area contributed by atoms with Gasteiger partial charge in [0.1, 0.15) is 0 Å². The third-order valence-electron chi connectivity index (χ3n) is 13.9. The largest absolute Gasteiger partial charge is 0.394 e. The Labute approximate surface area is 431 Å². The molecule has 69 heavy (non-hydrogen) atoms. The molecule has 0 heterocycles. The van der Waals surface area contributed by atoms with Gasteiger partial charge >= 0.3 is 0 Å². The van der Waals surface area contributed by atoms with E-state index in [0.29, 0.717) is 6.42 Å². The molecule has 4 nitrogen and oxygen atoms in total. The van der Waals surface area contributed by atoms with Crippen molar-refractivity contribution in [1.82, 2.24) is 5.32 Å². The van der Waals surface area contributed by atoms with Gasteiger partial charge in [0.05, 0.1) is 18.8 Å². The fourth-order valence-corrected chi connectivity index (χ4v) is 9.33. The van der Waals surface area contributed by atoms with Crippen LogP contribution in [0.3, 0.4) is 0 Å². The van der Waals surface area contributed by atoms with Crippen molar-refractivity contribution in [2.24, 2.45) is 0 Å². The average molecular weight is 963 g/mol. The fraction of sp³-hybridized carbons (Fsp3) is 0.800. The number of unbranched alkanes of at least 4 members (excludes halogenated alkanes) is 39. The third kappa shape index (κ3) is 56.6. The number of rotatable bonds is 56. The molecule has 0 aliphatic heterocycles. The van der Waals surface area contributed by atoms with Crippen LogP contribution in [0, 0.1) is 0 Å². The molecule has 0 aliphatic carbocycles. The number of nitrogens with one attached hydrogen (secondary N) is 1. The van der Waals surface area contributed by atoms with Crippen LogP contribution in [0.25, 0.3) is 0 Å². The van der Waals surface area contributed by atoms with Crippen LogP contribution < -0.4 is 5.32 Å². The van der Waals surface area contributed by atoms with Crippen molar-refractivity contribution in [3.63, 3.8) is 0 Å². The van der Waals surface area contributed by atoms with E-state index in [9.17, 15) is 15.0 Å². The molecule has 0 aromatic rings. The van der Waals surface area contributed by atoms with Crippen LogP contribution in [-0.2, 0) is 4.79 Å². The van der Waals surface area contributed by atoms with Crippen molar-refractivity contribution in [3.8, 4) is 0 Å². The molecule has 0 spiro atoms. The Kier molecular flexibility index (Phi) is 58.2. The van der Waals surface area contributed by atoms with Gasteiger partial charge in [-0.05, 0) is 64.2 Å². The van der Waals surface area contributed by atoms with Crippen LogP contribution in [0.15, 0.2) is 72.9 Å². The minimum absolute atomic E-state index is 0.0661. The Morgan fingerprint density at radius 2 is 0.638 bits per heavy atom. The second-order valence-electron chi connectivity index (χ2n) is 20.7. The normalized spacial score (nSPS) is 13.3. The Bertz CT molecular complexity index is 1180. The van der Waals surface area contributed by atoms with E-state index in [1.165, 1.54) is 238 Å². The maximum atomic E-state index is 12.5. The van der Waals surface area contributed by atoms with E-state index in [-0.39, 0.29) is 12.5 Å². The number of aliphatic hydroxyl groups is 2. The van der Waals surface area contributed by atoms with E-state index >= 15 is 0 Å². The molecule has 2 atom stereocenters. The summed E-state index contributed by atoms with van der Waals surface area (Å²) in [5.41, 5.74) is 0. The van der Waals surface area contributed by atoms with Crippen LogP contribution in [0.2, 0.25) is 0 Å². The van der Waals surface area contributed by atoms with Gasteiger partial charge in [0, 0.05) is 6.42 Å². The first kappa shape index (κ1) is 66.8. The van der Waals surface area contributed by atoms with E-state index in [2.05, 4.69) is 79.9 Å². The molecule has 1 amide bonds. The number of hydrogen-bond acceptors (Lipinski definition) is 3. The lowest BCUT2D eigenvalue weighted by Crippen LogP contribution is -2.45. The molecule has 0 aromatic carbocycles. The van der Waals surface area contributed by atoms with Gasteiger partial charge in [-0.15, -0.1) is 0 Å². The second-order valence-corrected chi connectivity index (χ2v) is 20.7. The zero-order valence-electron chi connectivity index (χ0n) is 46.3. The molecule has 0 radical (unpaired) electrons. The Morgan fingerprint density at radius 1 is 0.362 bits per heavy atom. The lowest BCUT2D eigenvalue weighted by Gasteiger charge is -2.20. The van der Waals surface area contributed by atoms with Gasteiger partial charge in [-0.25, -0.2) is 0 Å². The fourth-order valence-electron chi connectivity index (χ4n) is 9.33. The average Bonchev–Trinajstić information content (AvgIpc) is 3.35. The molecule has 0 saturated heterocycles. The standard InChI is InChI=1S/C65H119NO3/c1-3-5-7-9-11-13-15-17-19-21-23-25-27-29-31-32-33-35-36-38-40-42-44-46-48-50-52-54-56-58-60-64(68)63(62-67)66-65(69)61-59-57-55-53-51-49-47-45-43-41-39-37-34-30-28-26-24-22-20-18-16-14-12-10-8-6-4-2/h6,8,12,14,18,20,24,26,30,34,58,60,63-64,67-68H,3-5,7,9-11,13,15-17,19,21-23,25,27-29,31-33,35-57,59,61-62H2,1-2H3,(H,66,69)/b8-6-,14-12-,20-18-,26-24-,34-30-,60-58+. The zero-order chi connectivity index (χ0) is 49.9. The van der Waals surface area contributed by atoms with Crippen molar-refractivity contribution in [2.45, 2.75) is 328 Å². The Balaban J connectivity index is 3.49. The maximum absolute atomic E-state index is 12.5. The van der Waals surface area contributed by atoms with Gasteiger partial charge in [-0.1, -0.05) is 318 Å². The first-order chi connectivity index (χ1) is 34.2. The maximum Gasteiger partial charge on any atom is 0.220 e. The number of amides is 1.